The van der Waals surface area contributed by atoms with Gasteiger partial charge in [0.1, 0.15) is 5.82 Å². The van der Waals surface area contributed by atoms with E-state index in [1.165, 1.54) is 49.0 Å². The molecule has 2 aromatic carbocycles. The van der Waals surface area contributed by atoms with Gasteiger partial charge in [0, 0.05) is 38.9 Å². The highest BCUT2D eigenvalue weighted by atomic mass is 32.2. The lowest BCUT2D eigenvalue weighted by atomic mass is 10.2. The average molecular weight is 470 g/mol. The van der Waals surface area contributed by atoms with Crippen LogP contribution in [0.15, 0.2) is 46.3 Å². The zero-order valence-corrected chi connectivity index (χ0v) is 18.8. The highest BCUT2D eigenvalue weighted by molar-refractivity contribution is 7.89. The average Bonchev–Trinajstić information content (AvgIpc) is 3.05. The summed E-state index contributed by atoms with van der Waals surface area (Å²) in [6, 6.07) is 7.33. The van der Waals surface area contributed by atoms with E-state index in [4.69, 9.17) is 4.74 Å². The maximum atomic E-state index is 14.4. The van der Waals surface area contributed by atoms with E-state index in [1.807, 2.05) is 6.92 Å². The Balaban J connectivity index is 2.04. The van der Waals surface area contributed by atoms with Crippen molar-refractivity contribution in [3.05, 3.63) is 58.4 Å². The lowest BCUT2D eigenvalue weighted by Gasteiger charge is -2.11. The van der Waals surface area contributed by atoms with Gasteiger partial charge in [-0.2, -0.15) is 4.99 Å². The van der Waals surface area contributed by atoms with Crippen LogP contribution < -0.4 is 4.80 Å². The van der Waals surface area contributed by atoms with E-state index >= 15 is 0 Å². The molecule has 166 valence electrons. The predicted octanol–water partition coefficient (Wildman–Crippen LogP) is 3.01. The first-order chi connectivity index (χ1) is 14.6. The Labute approximate surface area is 182 Å². The molecule has 1 aromatic heterocycles. The number of carbonyl (C=O) groups excluding carboxylic acids is 1. The fraction of sp³-hybridized carbons (Fsp3) is 0.300. The molecule has 0 aliphatic carbocycles. The molecule has 1 amide bonds. The van der Waals surface area contributed by atoms with Crippen molar-refractivity contribution in [1.82, 2.24) is 8.87 Å². The minimum Gasteiger partial charge on any atom is -0.380 e. The molecule has 11 heteroatoms. The maximum absolute atomic E-state index is 14.4. The van der Waals surface area contributed by atoms with E-state index in [0.29, 0.717) is 11.3 Å². The van der Waals surface area contributed by atoms with Gasteiger partial charge in [-0.3, -0.25) is 4.79 Å². The van der Waals surface area contributed by atoms with Gasteiger partial charge in [-0.1, -0.05) is 11.3 Å². The summed E-state index contributed by atoms with van der Waals surface area (Å²) in [4.78, 5) is 17.0. The fourth-order valence-corrected chi connectivity index (χ4v) is 4.85. The van der Waals surface area contributed by atoms with Crippen LogP contribution in [0.3, 0.4) is 0 Å². The van der Waals surface area contributed by atoms with E-state index in [2.05, 4.69) is 4.99 Å². The van der Waals surface area contributed by atoms with E-state index in [9.17, 15) is 22.0 Å². The van der Waals surface area contributed by atoms with Gasteiger partial charge in [0.2, 0.25) is 10.0 Å². The monoisotopic (exact) mass is 469 g/mol. The third-order valence-corrected chi connectivity index (χ3v) is 7.29. The van der Waals surface area contributed by atoms with Gasteiger partial charge >= 0.3 is 0 Å². The summed E-state index contributed by atoms with van der Waals surface area (Å²) in [5.74, 6) is -2.11. The quantitative estimate of drug-likeness (QED) is 0.498. The molecule has 0 fully saturated rings. The summed E-state index contributed by atoms with van der Waals surface area (Å²) < 4.78 is 60.6. The van der Waals surface area contributed by atoms with E-state index in [0.717, 1.165) is 21.7 Å². The molecule has 0 spiro atoms. The summed E-state index contributed by atoms with van der Waals surface area (Å²) in [6.45, 7) is 2.77. The van der Waals surface area contributed by atoms with Crippen LogP contribution in [0.2, 0.25) is 0 Å². The number of carbonyl (C=O) groups is 1. The molecular weight excluding hydrogens is 448 g/mol. The first-order valence-corrected chi connectivity index (χ1v) is 11.6. The van der Waals surface area contributed by atoms with Gasteiger partial charge in [0.15, 0.2) is 10.6 Å². The van der Waals surface area contributed by atoms with Gasteiger partial charge < -0.3 is 9.30 Å². The van der Waals surface area contributed by atoms with Gasteiger partial charge in [-0.25, -0.2) is 21.5 Å². The number of rotatable bonds is 7. The number of nitrogens with zero attached hydrogens (tertiary/aromatic N) is 3. The number of hydrogen-bond acceptors (Lipinski definition) is 5. The maximum Gasteiger partial charge on any atom is 0.279 e. The molecule has 0 radical (unpaired) electrons. The van der Waals surface area contributed by atoms with Crippen LogP contribution in [-0.2, 0) is 21.3 Å². The molecule has 0 bridgehead atoms. The minimum absolute atomic E-state index is 0.0419. The topological polar surface area (TPSA) is 81.0 Å². The first-order valence-electron chi connectivity index (χ1n) is 9.33. The second kappa shape index (κ2) is 9.35. The van der Waals surface area contributed by atoms with Crippen molar-refractivity contribution in [1.29, 1.82) is 0 Å². The van der Waals surface area contributed by atoms with Crippen molar-refractivity contribution in [2.45, 2.75) is 18.4 Å². The fourth-order valence-electron chi connectivity index (χ4n) is 2.85. The van der Waals surface area contributed by atoms with Gasteiger partial charge in [-0.05, 0) is 37.3 Å². The molecular formula is C20H21F2N3O4S2. The number of halogens is 2. The van der Waals surface area contributed by atoms with Crippen molar-refractivity contribution in [3.8, 4) is 0 Å². The third kappa shape index (κ3) is 4.90. The second-order valence-electron chi connectivity index (χ2n) is 6.70. The van der Waals surface area contributed by atoms with E-state index in [1.54, 1.807) is 0 Å². The third-order valence-electron chi connectivity index (χ3n) is 4.44. The van der Waals surface area contributed by atoms with Crippen molar-refractivity contribution < 1.29 is 26.7 Å². The van der Waals surface area contributed by atoms with E-state index < -0.39 is 27.6 Å². The highest BCUT2D eigenvalue weighted by Gasteiger charge is 2.18. The standard InChI is InChI=1S/C20H21F2N3O4S2/c1-4-29-10-9-25-18-16(22)11-14(21)12-17(18)30-20(25)23-19(26)13-5-7-15(8-6-13)31(27,28)24(2)3/h5-8,11-12H,4,9-10H2,1-3H3. The Kier molecular flexibility index (Phi) is 6.99. The van der Waals surface area contributed by atoms with Gasteiger partial charge in [0.05, 0.1) is 21.7 Å². The molecule has 1 heterocycles. The number of aromatic nitrogens is 1. The Morgan fingerprint density at radius 3 is 2.48 bits per heavy atom. The number of hydrogen-bond donors (Lipinski definition) is 0. The molecule has 7 nitrogen and oxygen atoms in total. The van der Waals surface area contributed by atoms with Crippen molar-refractivity contribution >= 4 is 37.5 Å². The van der Waals surface area contributed by atoms with Crippen LogP contribution in [0, 0.1) is 11.6 Å². The molecule has 3 aromatic rings. The summed E-state index contributed by atoms with van der Waals surface area (Å²) >= 11 is 0.982. The number of benzene rings is 2. The summed E-state index contributed by atoms with van der Waals surface area (Å²) in [6.07, 6.45) is 0. The molecule has 0 atom stereocenters. The molecule has 31 heavy (non-hydrogen) atoms. The summed E-state index contributed by atoms with van der Waals surface area (Å²) in [5.41, 5.74) is 0.309. The molecule has 0 N–H and O–H groups in total. The second-order valence-corrected chi connectivity index (χ2v) is 9.86. The van der Waals surface area contributed by atoms with Crippen LogP contribution in [0.5, 0.6) is 0 Å². The minimum atomic E-state index is -3.63. The SMILES string of the molecule is CCOCCn1c(=NC(=O)c2ccc(S(=O)(=O)N(C)C)cc2)sc2cc(F)cc(F)c21. The Hall–Kier alpha value is -2.47. The summed E-state index contributed by atoms with van der Waals surface area (Å²) in [5, 5.41) is 0. The van der Waals surface area contributed by atoms with Crippen LogP contribution in [0.4, 0.5) is 8.78 Å². The Morgan fingerprint density at radius 2 is 1.87 bits per heavy atom. The molecule has 0 unspecified atom stereocenters. The van der Waals surface area contributed by atoms with Crippen molar-refractivity contribution in [2.75, 3.05) is 27.3 Å². The number of ether oxygens (including phenoxy) is 1. The first kappa shape index (κ1) is 23.2. The number of fused-ring (bicyclic) bond motifs is 1. The van der Waals surface area contributed by atoms with Crippen molar-refractivity contribution in [2.24, 2.45) is 4.99 Å². The van der Waals surface area contributed by atoms with Gasteiger partial charge in [-0.15, -0.1) is 0 Å². The molecule has 0 saturated heterocycles. The largest absolute Gasteiger partial charge is 0.380 e. The van der Waals surface area contributed by atoms with Crippen LogP contribution in [-0.4, -0.2) is 50.5 Å². The zero-order chi connectivity index (χ0) is 22.8. The number of sulfonamides is 1. The molecule has 3 rings (SSSR count). The molecule has 0 saturated carbocycles. The van der Waals surface area contributed by atoms with Crippen LogP contribution in [0.25, 0.3) is 10.2 Å². The number of amides is 1. The normalized spacial score (nSPS) is 12.8. The lowest BCUT2D eigenvalue weighted by Crippen LogP contribution is -2.22. The van der Waals surface area contributed by atoms with Crippen LogP contribution >= 0.6 is 11.3 Å². The molecule has 0 aliphatic heterocycles. The van der Waals surface area contributed by atoms with Crippen LogP contribution in [0.1, 0.15) is 17.3 Å². The summed E-state index contributed by atoms with van der Waals surface area (Å²) in [7, 11) is -0.804. The highest BCUT2D eigenvalue weighted by Crippen LogP contribution is 2.22. The smallest absolute Gasteiger partial charge is 0.279 e. The Bertz CT molecular complexity index is 1280. The van der Waals surface area contributed by atoms with E-state index in [-0.39, 0.29) is 33.9 Å². The molecule has 0 aliphatic rings. The Morgan fingerprint density at radius 1 is 1.19 bits per heavy atom. The number of thiazole rings is 1. The van der Waals surface area contributed by atoms with Crippen molar-refractivity contribution in [3.63, 3.8) is 0 Å². The zero-order valence-electron chi connectivity index (χ0n) is 17.1. The predicted molar refractivity (Wildman–Crippen MR) is 113 cm³/mol. The van der Waals surface area contributed by atoms with Gasteiger partial charge in [0.25, 0.3) is 5.91 Å². The lowest BCUT2D eigenvalue weighted by molar-refractivity contribution is 0.0996.